The molecule has 0 unspecified atom stereocenters. The van der Waals surface area contributed by atoms with Gasteiger partial charge in [0.25, 0.3) is 0 Å². The Kier molecular flexibility index (Phi) is 16.1. The molecule has 2 aromatic rings. The first kappa shape index (κ1) is 41.7. The maximum atomic E-state index is 14.1. The topological polar surface area (TPSA) is 137 Å². The second-order valence-corrected chi connectivity index (χ2v) is 16.4. The number of ketones is 1. The van der Waals surface area contributed by atoms with Crippen molar-refractivity contribution in [1.82, 2.24) is 26.2 Å². The fourth-order valence-corrected chi connectivity index (χ4v) is 7.07. The Labute approximate surface area is 317 Å². The largest absolute Gasteiger partial charge is 0.344 e. The van der Waals surface area contributed by atoms with Gasteiger partial charge in [0.05, 0.1) is 6.04 Å². The van der Waals surface area contributed by atoms with E-state index >= 15 is 0 Å². The molecule has 4 N–H and O–H groups in total. The van der Waals surface area contributed by atoms with E-state index < -0.39 is 47.3 Å². The van der Waals surface area contributed by atoms with Crippen LogP contribution in [0.5, 0.6) is 0 Å². The van der Waals surface area contributed by atoms with E-state index in [1.54, 1.807) is 0 Å². The number of carbonyl (C=O) groups excluding carboxylic acids is 5. The molecule has 53 heavy (non-hydrogen) atoms. The number of amides is 4. The van der Waals surface area contributed by atoms with Gasteiger partial charge in [0.1, 0.15) is 18.1 Å². The lowest BCUT2D eigenvalue weighted by molar-refractivity contribution is -0.135. The third-order valence-corrected chi connectivity index (χ3v) is 10.5. The minimum Gasteiger partial charge on any atom is -0.344 e. The predicted octanol–water partition coefficient (Wildman–Crippen LogP) is 5.14. The Morgan fingerprint density at radius 2 is 1.15 bits per heavy atom. The highest BCUT2D eigenvalue weighted by Crippen LogP contribution is 2.47. The molecule has 290 valence electrons. The van der Waals surface area contributed by atoms with Crippen LogP contribution in [0.15, 0.2) is 60.7 Å². The van der Waals surface area contributed by atoms with Crippen molar-refractivity contribution < 1.29 is 24.0 Å². The summed E-state index contributed by atoms with van der Waals surface area (Å²) in [4.78, 5) is 71.1. The summed E-state index contributed by atoms with van der Waals surface area (Å²) in [5, 5.41) is 11.9. The quantitative estimate of drug-likeness (QED) is 0.141. The summed E-state index contributed by atoms with van der Waals surface area (Å²) in [6.07, 6.45) is 7.38. The number of nitrogens with zero attached hydrogens (tertiary/aromatic N) is 1. The Hall–Kier alpha value is -4.05. The first-order chi connectivity index (χ1) is 25.3. The van der Waals surface area contributed by atoms with Crippen molar-refractivity contribution in [3.05, 3.63) is 71.8 Å². The van der Waals surface area contributed by atoms with Gasteiger partial charge in [-0.25, -0.2) is 0 Å². The molecule has 1 saturated carbocycles. The fraction of sp³-hybridized carbons (Fsp3) is 0.605. The molecule has 2 fully saturated rings. The van der Waals surface area contributed by atoms with E-state index in [1.807, 2.05) is 95.3 Å². The molecule has 1 saturated heterocycles. The molecule has 2 aromatic carbocycles. The molecule has 1 heterocycles. The lowest BCUT2D eigenvalue weighted by Crippen LogP contribution is -2.58. The molecular formula is C43H63N5O5. The zero-order chi connectivity index (χ0) is 38.4. The predicted molar refractivity (Wildman–Crippen MR) is 209 cm³/mol. The van der Waals surface area contributed by atoms with E-state index in [0.29, 0.717) is 38.6 Å². The molecule has 0 bridgehead atoms. The van der Waals surface area contributed by atoms with Gasteiger partial charge in [0, 0.05) is 24.8 Å². The maximum absolute atomic E-state index is 14.1. The van der Waals surface area contributed by atoms with Crippen LogP contribution in [0.25, 0.3) is 0 Å². The second-order valence-electron chi connectivity index (χ2n) is 16.4. The number of nitrogens with one attached hydrogen (secondary N) is 4. The van der Waals surface area contributed by atoms with Gasteiger partial charge in [0.2, 0.25) is 23.6 Å². The molecule has 0 spiro atoms. The molecule has 4 rings (SSSR count). The van der Waals surface area contributed by atoms with Crippen LogP contribution in [0.1, 0.15) is 104 Å². The van der Waals surface area contributed by atoms with Crippen LogP contribution < -0.4 is 21.3 Å². The lowest BCUT2D eigenvalue weighted by Gasteiger charge is -2.28. The van der Waals surface area contributed by atoms with Gasteiger partial charge in [-0.1, -0.05) is 102 Å². The number of hydrogen-bond acceptors (Lipinski definition) is 6. The summed E-state index contributed by atoms with van der Waals surface area (Å²) < 4.78 is 0. The molecule has 0 radical (unpaired) electrons. The molecule has 1 aliphatic carbocycles. The zero-order valence-corrected chi connectivity index (χ0v) is 32.6. The molecule has 1 aliphatic heterocycles. The van der Waals surface area contributed by atoms with E-state index in [1.165, 1.54) is 6.42 Å². The Morgan fingerprint density at radius 3 is 1.74 bits per heavy atom. The van der Waals surface area contributed by atoms with Crippen molar-refractivity contribution in [3.63, 3.8) is 0 Å². The van der Waals surface area contributed by atoms with Gasteiger partial charge in [0.15, 0.2) is 5.78 Å². The third kappa shape index (κ3) is 14.0. The molecule has 2 aliphatic rings. The fourth-order valence-electron chi connectivity index (χ4n) is 7.07. The van der Waals surface area contributed by atoms with Crippen LogP contribution in [0.3, 0.4) is 0 Å². The third-order valence-electron chi connectivity index (χ3n) is 10.5. The van der Waals surface area contributed by atoms with Gasteiger partial charge in [-0.15, -0.1) is 0 Å². The number of hydrogen-bond donors (Lipinski definition) is 4. The van der Waals surface area contributed by atoms with Crippen molar-refractivity contribution in [2.75, 3.05) is 19.6 Å². The SMILES string of the molecule is CC(C)C[C@H](NC(=O)[C@H](CCc1ccccc1)NC(=O)CCN1CCCCC1)C(=O)N[C@@H](Cc1ccccc1)C(=O)N[C@@H](CC(C)C)C(=O)C1(C)CC1. The summed E-state index contributed by atoms with van der Waals surface area (Å²) in [6, 6.07) is 15.8. The van der Waals surface area contributed by atoms with Crippen LogP contribution >= 0.6 is 0 Å². The smallest absolute Gasteiger partial charge is 0.243 e. The van der Waals surface area contributed by atoms with Crippen LogP contribution in [0.2, 0.25) is 0 Å². The highest BCUT2D eigenvalue weighted by atomic mass is 16.2. The number of likely N-dealkylation sites (tertiary alicyclic amines) is 1. The number of carbonyl (C=O) groups is 5. The standard InChI is InChI=1S/C43H63N5O5/c1-30(2)27-35(39(50)43(5)22-23-43)45-42(53)37(29-33-17-11-7-12-18-33)47-41(52)36(28-31(3)4)46-40(51)34(20-19-32-15-9-6-10-16-32)44-38(49)21-26-48-24-13-8-14-25-48/h6-7,9-12,15-18,30-31,34-37H,8,13-14,19-29H2,1-5H3,(H,44,49)(H,45,53)(H,46,51)(H,47,52)/t34-,35-,36-,37-/m0/s1. The Bertz CT molecular complexity index is 1490. The van der Waals surface area contributed by atoms with Crippen molar-refractivity contribution in [2.24, 2.45) is 17.3 Å². The molecule has 10 nitrogen and oxygen atoms in total. The molecule has 4 atom stereocenters. The van der Waals surface area contributed by atoms with Crippen molar-refractivity contribution >= 4 is 29.4 Å². The van der Waals surface area contributed by atoms with Crippen LogP contribution in [0, 0.1) is 17.3 Å². The molecular weight excluding hydrogens is 667 g/mol. The minimum atomic E-state index is -0.977. The average Bonchev–Trinajstić information content (AvgIpc) is 3.90. The van der Waals surface area contributed by atoms with E-state index in [0.717, 1.165) is 49.9 Å². The van der Waals surface area contributed by atoms with E-state index in [9.17, 15) is 24.0 Å². The van der Waals surface area contributed by atoms with Crippen molar-refractivity contribution in [1.29, 1.82) is 0 Å². The van der Waals surface area contributed by atoms with Crippen LogP contribution in [-0.4, -0.2) is 78.1 Å². The first-order valence-electron chi connectivity index (χ1n) is 19.9. The van der Waals surface area contributed by atoms with Crippen LogP contribution in [0.4, 0.5) is 0 Å². The number of aryl methyl sites for hydroxylation is 1. The molecule has 0 aromatic heterocycles. The van der Waals surface area contributed by atoms with Crippen LogP contribution in [-0.2, 0) is 36.8 Å². The summed E-state index contributed by atoms with van der Waals surface area (Å²) in [7, 11) is 0. The van der Waals surface area contributed by atoms with E-state index in [-0.39, 0.29) is 29.9 Å². The Balaban J connectivity index is 1.50. The molecule has 10 heteroatoms. The van der Waals surface area contributed by atoms with Crippen molar-refractivity contribution in [2.45, 2.75) is 129 Å². The summed E-state index contributed by atoms with van der Waals surface area (Å²) in [6.45, 7) is 12.5. The number of benzene rings is 2. The maximum Gasteiger partial charge on any atom is 0.243 e. The van der Waals surface area contributed by atoms with E-state index in [2.05, 4.69) is 26.2 Å². The Morgan fingerprint density at radius 1 is 0.642 bits per heavy atom. The lowest BCUT2D eigenvalue weighted by atomic mass is 9.91. The molecule has 4 amide bonds. The monoisotopic (exact) mass is 729 g/mol. The van der Waals surface area contributed by atoms with Gasteiger partial charge in [-0.2, -0.15) is 0 Å². The minimum absolute atomic E-state index is 0.0359. The summed E-state index contributed by atoms with van der Waals surface area (Å²) in [5.74, 6) is -1.28. The normalized spacial score (nSPS) is 17.6. The second kappa shape index (κ2) is 20.4. The summed E-state index contributed by atoms with van der Waals surface area (Å²) >= 11 is 0. The number of rotatable bonds is 21. The van der Waals surface area contributed by atoms with Crippen molar-refractivity contribution in [3.8, 4) is 0 Å². The first-order valence-corrected chi connectivity index (χ1v) is 19.9. The van der Waals surface area contributed by atoms with Gasteiger partial charge < -0.3 is 26.2 Å². The number of piperidine rings is 1. The van der Waals surface area contributed by atoms with E-state index in [4.69, 9.17) is 0 Å². The van der Waals surface area contributed by atoms with Gasteiger partial charge in [-0.05, 0) is 87.4 Å². The average molecular weight is 730 g/mol. The zero-order valence-electron chi connectivity index (χ0n) is 32.6. The highest BCUT2D eigenvalue weighted by molar-refractivity contribution is 5.97. The number of Topliss-reactive ketones (excluding diaryl/α,β-unsaturated/α-hetero) is 1. The highest BCUT2D eigenvalue weighted by Gasteiger charge is 2.48. The van der Waals surface area contributed by atoms with Gasteiger partial charge >= 0.3 is 0 Å². The van der Waals surface area contributed by atoms with Gasteiger partial charge in [-0.3, -0.25) is 24.0 Å². The summed E-state index contributed by atoms with van der Waals surface area (Å²) in [5.41, 5.74) is 1.48.